The van der Waals surface area contributed by atoms with Crippen LogP contribution < -0.4 is 0 Å². The third kappa shape index (κ3) is 3.94. The summed E-state index contributed by atoms with van der Waals surface area (Å²) < 4.78 is 0. The molecule has 116 valence electrons. The molecule has 0 bridgehead atoms. The maximum Gasteiger partial charge on any atom is 0.123 e. The van der Waals surface area contributed by atoms with Gasteiger partial charge in [-0.05, 0) is 48.2 Å². The van der Waals surface area contributed by atoms with E-state index in [9.17, 15) is 0 Å². The Morgan fingerprint density at radius 1 is 0.636 bits per heavy atom. The van der Waals surface area contributed by atoms with E-state index in [1.54, 1.807) is 0 Å². The van der Waals surface area contributed by atoms with E-state index >= 15 is 0 Å². The zero-order valence-electron chi connectivity index (χ0n) is 12.1. The minimum atomic E-state index is 0.409. The topological polar surface area (TPSA) is 24.7 Å². The first-order valence-electron chi connectivity index (χ1n) is 6.83. The Balaban J connectivity index is 2.41. The monoisotopic (exact) mass is 374 g/mol. The molecule has 0 spiro atoms. The van der Waals surface area contributed by atoms with Gasteiger partial charge in [0.15, 0.2) is 0 Å². The summed E-state index contributed by atoms with van der Waals surface area (Å²) in [6, 6.07) is 7.30. The molecule has 2 nitrogen and oxygen atoms in total. The number of nitrogens with zero attached hydrogens (tertiary/aromatic N) is 2. The quantitative estimate of drug-likeness (QED) is 0.486. The number of hydrogen-bond donors (Lipinski definition) is 0. The van der Waals surface area contributed by atoms with Gasteiger partial charge in [0.1, 0.15) is 11.4 Å². The Morgan fingerprint density at radius 3 is 1.14 bits per heavy atom. The van der Waals surface area contributed by atoms with E-state index < -0.39 is 0 Å². The number of aryl methyl sites for hydroxylation is 2. The molecule has 0 N–H and O–H groups in total. The second-order valence-electron chi connectivity index (χ2n) is 4.72. The first-order valence-corrected chi connectivity index (χ1v) is 8.35. The summed E-state index contributed by atoms with van der Waals surface area (Å²) in [7, 11) is 0. The first kappa shape index (κ1) is 17.6. The molecule has 0 atom stereocenters. The number of rotatable bonds is 4. The summed E-state index contributed by atoms with van der Waals surface area (Å²) in [6.45, 7) is 4.05. The van der Waals surface area contributed by atoms with Crippen LogP contribution in [0.25, 0.3) is 0 Å². The van der Waals surface area contributed by atoms with Crippen molar-refractivity contribution in [2.45, 2.75) is 26.7 Å². The van der Waals surface area contributed by atoms with Crippen LogP contribution in [0.5, 0.6) is 0 Å². The maximum absolute atomic E-state index is 6.20. The van der Waals surface area contributed by atoms with Gasteiger partial charge in [-0.2, -0.15) is 0 Å². The number of azo groups is 1. The van der Waals surface area contributed by atoms with Crippen LogP contribution in [-0.4, -0.2) is 0 Å². The maximum atomic E-state index is 6.20. The summed E-state index contributed by atoms with van der Waals surface area (Å²) in [5.41, 5.74) is 2.90. The molecule has 22 heavy (non-hydrogen) atoms. The van der Waals surface area contributed by atoms with Gasteiger partial charge in [-0.25, -0.2) is 0 Å². The molecule has 0 unspecified atom stereocenters. The lowest BCUT2D eigenvalue weighted by atomic mass is 10.1. The summed E-state index contributed by atoms with van der Waals surface area (Å²) in [5.74, 6) is 0. The van der Waals surface area contributed by atoms with Crippen LogP contribution in [0.4, 0.5) is 11.4 Å². The highest BCUT2D eigenvalue weighted by Gasteiger charge is 2.10. The van der Waals surface area contributed by atoms with Gasteiger partial charge in [0, 0.05) is 0 Å². The molecule has 2 aromatic carbocycles. The summed E-state index contributed by atoms with van der Waals surface area (Å²) >= 11 is 24.8. The zero-order chi connectivity index (χ0) is 16.3. The summed E-state index contributed by atoms with van der Waals surface area (Å²) in [5, 5.41) is 10.0. The van der Waals surface area contributed by atoms with Crippen LogP contribution in [-0.2, 0) is 12.8 Å². The predicted octanol–water partition coefficient (Wildman–Crippen LogP) is 7.84. The van der Waals surface area contributed by atoms with Crippen molar-refractivity contribution in [1.29, 1.82) is 0 Å². The minimum absolute atomic E-state index is 0.409. The molecule has 0 amide bonds. The second kappa shape index (κ2) is 7.65. The van der Waals surface area contributed by atoms with Gasteiger partial charge in [-0.1, -0.05) is 60.3 Å². The zero-order valence-corrected chi connectivity index (χ0v) is 15.2. The third-order valence-electron chi connectivity index (χ3n) is 3.22. The van der Waals surface area contributed by atoms with Gasteiger partial charge in [0.25, 0.3) is 0 Å². The third-order valence-corrected chi connectivity index (χ3v) is 4.37. The molecule has 0 saturated heterocycles. The highest BCUT2D eigenvalue weighted by molar-refractivity contribution is 6.39. The van der Waals surface area contributed by atoms with Crippen molar-refractivity contribution in [3.8, 4) is 0 Å². The van der Waals surface area contributed by atoms with Crippen molar-refractivity contribution in [1.82, 2.24) is 0 Å². The van der Waals surface area contributed by atoms with Crippen LogP contribution in [0, 0.1) is 0 Å². The van der Waals surface area contributed by atoms with Crippen molar-refractivity contribution in [3.63, 3.8) is 0 Å². The predicted molar refractivity (Wildman–Crippen MR) is 95.9 cm³/mol. The Morgan fingerprint density at radius 2 is 0.909 bits per heavy atom. The molecule has 0 radical (unpaired) electrons. The fourth-order valence-corrected chi connectivity index (χ4v) is 3.15. The highest BCUT2D eigenvalue weighted by Crippen LogP contribution is 2.39. The number of halogens is 4. The Bertz CT molecular complexity index is 619. The second-order valence-corrected chi connectivity index (χ2v) is 6.35. The standard InChI is InChI=1S/C16H14Cl4N2/c1-3-9-5-11(17)15(12(18)6-9)21-22-16-13(19)7-10(4-2)8-14(16)20/h5-8H,3-4H2,1-2H3. The largest absolute Gasteiger partial charge is 0.147 e. The van der Waals surface area contributed by atoms with E-state index in [0.29, 0.717) is 31.5 Å². The fourth-order valence-electron chi connectivity index (χ4n) is 1.94. The molecule has 0 fully saturated rings. The van der Waals surface area contributed by atoms with Gasteiger partial charge >= 0.3 is 0 Å². The van der Waals surface area contributed by atoms with Crippen molar-refractivity contribution in [2.24, 2.45) is 10.2 Å². The van der Waals surface area contributed by atoms with Gasteiger partial charge in [0.2, 0.25) is 0 Å². The molecule has 0 aliphatic carbocycles. The summed E-state index contributed by atoms with van der Waals surface area (Å²) in [6.07, 6.45) is 1.68. The van der Waals surface area contributed by atoms with Crippen molar-refractivity contribution in [3.05, 3.63) is 55.5 Å². The Labute approximate surface area is 150 Å². The van der Waals surface area contributed by atoms with Crippen molar-refractivity contribution >= 4 is 57.8 Å². The van der Waals surface area contributed by atoms with E-state index in [1.165, 1.54) is 0 Å². The number of benzene rings is 2. The number of hydrogen-bond acceptors (Lipinski definition) is 2. The van der Waals surface area contributed by atoms with E-state index in [1.807, 2.05) is 38.1 Å². The van der Waals surface area contributed by atoms with Crippen LogP contribution in [0.15, 0.2) is 34.5 Å². The molecule has 0 aromatic heterocycles. The van der Waals surface area contributed by atoms with Crippen LogP contribution in [0.3, 0.4) is 0 Å². The molecule has 0 aliphatic rings. The molecular formula is C16H14Cl4N2. The van der Waals surface area contributed by atoms with Crippen LogP contribution >= 0.6 is 46.4 Å². The van der Waals surface area contributed by atoms with E-state index in [0.717, 1.165) is 24.0 Å². The summed E-state index contributed by atoms with van der Waals surface area (Å²) in [4.78, 5) is 0. The molecule has 2 rings (SSSR count). The Hall–Kier alpha value is -0.800. The van der Waals surface area contributed by atoms with Gasteiger partial charge in [-0.15, -0.1) is 10.2 Å². The molecule has 0 heterocycles. The molecular weight excluding hydrogens is 362 g/mol. The SMILES string of the molecule is CCc1cc(Cl)c(N=Nc2c(Cl)cc(CC)cc2Cl)c(Cl)c1. The highest BCUT2D eigenvalue weighted by atomic mass is 35.5. The lowest BCUT2D eigenvalue weighted by molar-refractivity contribution is 1.13. The van der Waals surface area contributed by atoms with E-state index in [-0.39, 0.29) is 0 Å². The van der Waals surface area contributed by atoms with Crippen LogP contribution in [0.2, 0.25) is 20.1 Å². The Kier molecular flexibility index (Phi) is 6.10. The van der Waals surface area contributed by atoms with E-state index in [2.05, 4.69) is 10.2 Å². The first-order chi connectivity index (χ1) is 10.5. The van der Waals surface area contributed by atoms with E-state index in [4.69, 9.17) is 46.4 Å². The molecule has 0 aliphatic heterocycles. The van der Waals surface area contributed by atoms with Gasteiger partial charge in [0.05, 0.1) is 20.1 Å². The minimum Gasteiger partial charge on any atom is -0.147 e. The average Bonchev–Trinajstić information content (AvgIpc) is 2.47. The molecule has 0 saturated carbocycles. The lowest BCUT2D eigenvalue weighted by Crippen LogP contribution is -1.82. The fraction of sp³-hybridized carbons (Fsp3) is 0.250. The van der Waals surface area contributed by atoms with Crippen molar-refractivity contribution in [2.75, 3.05) is 0 Å². The van der Waals surface area contributed by atoms with Gasteiger partial charge in [-0.3, -0.25) is 0 Å². The molecule has 2 aromatic rings. The van der Waals surface area contributed by atoms with Crippen molar-refractivity contribution < 1.29 is 0 Å². The average molecular weight is 376 g/mol. The normalized spacial score (nSPS) is 11.4. The smallest absolute Gasteiger partial charge is 0.123 e. The van der Waals surface area contributed by atoms with Crippen LogP contribution in [0.1, 0.15) is 25.0 Å². The lowest BCUT2D eigenvalue weighted by Gasteiger charge is -2.06. The molecule has 6 heteroatoms. The van der Waals surface area contributed by atoms with Gasteiger partial charge < -0.3 is 0 Å².